The Morgan fingerprint density at radius 1 is 1.15 bits per heavy atom. The van der Waals surface area contributed by atoms with Crippen molar-refractivity contribution in [2.24, 2.45) is 0 Å². The molecule has 0 aliphatic carbocycles. The number of nitrogens with zero attached hydrogens (tertiary/aromatic N) is 3. The molecular formula is C19H22N4O4. The zero-order valence-corrected chi connectivity index (χ0v) is 15.3. The van der Waals surface area contributed by atoms with Crippen molar-refractivity contribution in [3.05, 3.63) is 42.1 Å². The first kappa shape index (κ1) is 18.5. The van der Waals surface area contributed by atoms with Crippen LogP contribution in [0.1, 0.15) is 17.3 Å². The number of amides is 1. The predicted molar refractivity (Wildman–Crippen MR) is 103 cm³/mol. The third-order valence-corrected chi connectivity index (χ3v) is 4.42. The van der Waals surface area contributed by atoms with Crippen molar-refractivity contribution < 1.29 is 19.4 Å². The van der Waals surface area contributed by atoms with Crippen molar-refractivity contribution in [3.63, 3.8) is 0 Å². The normalized spacial score (nSPS) is 14.0. The second-order valence-corrected chi connectivity index (χ2v) is 6.23. The van der Waals surface area contributed by atoms with Crippen LogP contribution in [0.3, 0.4) is 0 Å². The van der Waals surface area contributed by atoms with E-state index in [4.69, 9.17) is 4.74 Å². The number of carboxylic acid groups (broad SMARTS) is 1. The topological polar surface area (TPSA) is 95.0 Å². The smallest absolute Gasteiger partial charge is 0.339 e. The first-order valence-electron chi connectivity index (χ1n) is 8.63. The molecule has 1 saturated heterocycles. The number of hydrogen-bond acceptors (Lipinski definition) is 6. The number of aromatic carboxylic acids is 1. The minimum atomic E-state index is -1.07. The van der Waals surface area contributed by atoms with E-state index in [2.05, 4.69) is 15.2 Å². The number of para-hydroxylation sites is 2. The number of rotatable bonds is 5. The number of carbonyl (C=O) groups is 2. The van der Waals surface area contributed by atoms with Gasteiger partial charge < -0.3 is 25.0 Å². The molecule has 3 rings (SSSR count). The van der Waals surface area contributed by atoms with Gasteiger partial charge in [-0.1, -0.05) is 12.1 Å². The highest BCUT2D eigenvalue weighted by Gasteiger charge is 2.24. The maximum Gasteiger partial charge on any atom is 0.339 e. The summed E-state index contributed by atoms with van der Waals surface area (Å²) in [4.78, 5) is 31.3. The van der Waals surface area contributed by atoms with Crippen LogP contribution in [0.25, 0.3) is 0 Å². The summed E-state index contributed by atoms with van der Waals surface area (Å²) in [6.07, 6.45) is 1.48. The highest BCUT2D eigenvalue weighted by Crippen LogP contribution is 2.30. The Balaban J connectivity index is 1.77. The van der Waals surface area contributed by atoms with Crippen molar-refractivity contribution in [3.8, 4) is 5.75 Å². The lowest BCUT2D eigenvalue weighted by atomic mass is 10.2. The molecule has 1 aromatic carbocycles. The van der Waals surface area contributed by atoms with Crippen LogP contribution in [-0.2, 0) is 4.79 Å². The number of piperazine rings is 1. The highest BCUT2D eigenvalue weighted by atomic mass is 16.5. The number of carbonyl (C=O) groups excluding carboxylic acids is 1. The van der Waals surface area contributed by atoms with Crippen molar-refractivity contribution >= 4 is 29.1 Å². The molecular weight excluding hydrogens is 348 g/mol. The van der Waals surface area contributed by atoms with Gasteiger partial charge in [0.05, 0.1) is 24.7 Å². The van der Waals surface area contributed by atoms with E-state index in [1.807, 2.05) is 29.2 Å². The number of aromatic nitrogens is 1. The summed E-state index contributed by atoms with van der Waals surface area (Å²) in [5.74, 6) is -0.116. The average Bonchev–Trinajstić information content (AvgIpc) is 2.67. The largest absolute Gasteiger partial charge is 0.495 e. The summed E-state index contributed by atoms with van der Waals surface area (Å²) in [7, 11) is 1.65. The number of methoxy groups -OCH3 is 1. The highest BCUT2D eigenvalue weighted by molar-refractivity contribution is 5.96. The molecule has 8 heteroatoms. The lowest BCUT2D eigenvalue weighted by Gasteiger charge is -2.37. The van der Waals surface area contributed by atoms with Crippen LogP contribution in [0.5, 0.6) is 5.75 Å². The zero-order chi connectivity index (χ0) is 19.4. The molecule has 27 heavy (non-hydrogen) atoms. The predicted octanol–water partition coefficient (Wildman–Crippen LogP) is 2.07. The molecule has 0 spiro atoms. The number of pyridine rings is 1. The number of ether oxygens (including phenoxy) is 1. The lowest BCUT2D eigenvalue weighted by molar-refractivity contribution is -0.114. The zero-order valence-electron chi connectivity index (χ0n) is 15.3. The Morgan fingerprint density at radius 3 is 2.44 bits per heavy atom. The van der Waals surface area contributed by atoms with Gasteiger partial charge in [-0.15, -0.1) is 0 Å². The Labute approximate surface area is 157 Å². The van der Waals surface area contributed by atoms with Crippen LogP contribution in [0.2, 0.25) is 0 Å². The van der Waals surface area contributed by atoms with E-state index in [-0.39, 0.29) is 11.5 Å². The molecule has 0 radical (unpaired) electrons. The minimum absolute atomic E-state index is 0.0759. The summed E-state index contributed by atoms with van der Waals surface area (Å²) in [5.41, 5.74) is 1.47. The summed E-state index contributed by atoms with van der Waals surface area (Å²) in [5, 5.41) is 12.1. The number of carboxylic acids is 1. The lowest BCUT2D eigenvalue weighted by Crippen LogP contribution is -2.47. The molecule has 2 heterocycles. The summed E-state index contributed by atoms with van der Waals surface area (Å²) in [6, 6.07) is 9.27. The van der Waals surface area contributed by atoms with Crippen LogP contribution in [-0.4, -0.2) is 55.3 Å². The van der Waals surface area contributed by atoms with Crippen LogP contribution < -0.4 is 19.9 Å². The molecule has 142 valence electrons. The van der Waals surface area contributed by atoms with E-state index in [9.17, 15) is 14.7 Å². The second kappa shape index (κ2) is 7.94. The molecule has 0 bridgehead atoms. The van der Waals surface area contributed by atoms with E-state index in [0.717, 1.165) is 11.4 Å². The van der Waals surface area contributed by atoms with E-state index in [0.29, 0.717) is 37.7 Å². The molecule has 0 atom stereocenters. The fourth-order valence-electron chi connectivity index (χ4n) is 3.19. The first-order chi connectivity index (χ1) is 13.0. The fourth-order valence-corrected chi connectivity index (χ4v) is 3.19. The second-order valence-electron chi connectivity index (χ2n) is 6.23. The van der Waals surface area contributed by atoms with Crippen molar-refractivity contribution in [2.45, 2.75) is 6.92 Å². The van der Waals surface area contributed by atoms with E-state index < -0.39 is 5.97 Å². The van der Waals surface area contributed by atoms with Gasteiger partial charge in [0, 0.05) is 33.1 Å². The van der Waals surface area contributed by atoms with E-state index in [1.165, 1.54) is 19.2 Å². The van der Waals surface area contributed by atoms with Gasteiger partial charge >= 0.3 is 5.97 Å². The quantitative estimate of drug-likeness (QED) is 0.832. The molecule has 1 amide bonds. The van der Waals surface area contributed by atoms with Crippen molar-refractivity contribution in [2.75, 3.05) is 48.4 Å². The average molecular weight is 370 g/mol. The van der Waals surface area contributed by atoms with Gasteiger partial charge in [0.15, 0.2) is 0 Å². The molecule has 1 aliphatic rings. The summed E-state index contributed by atoms with van der Waals surface area (Å²) < 4.78 is 5.43. The maximum absolute atomic E-state index is 11.7. The Kier molecular flexibility index (Phi) is 5.44. The molecule has 0 saturated carbocycles. The van der Waals surface area contributed by atoms with Crippen LogP contribution in [0, 0.1) is 0 Å². The Bertz CT molecular complexity index is 847. The summed E-state index contributed by atoms with van der Waals surface area (Å²) in [6.45, 7) is 4.06. The van der Waals surface area contributed by atoms with Gasteiger partial charge in [-0.2, -0.15) is 0 Å². The molecule has 0 unspecified atom stereocenters. The Morgan fingerprint density at radius 2 is 1.81 bits per heavy atom. The van der Waals surface area contributed by atoms with Gasteiger partial charge in [-0.25, -0.2) is 9.78 Å². The van der Waals surface area contributed by atoms with Crippen LogP contribution >= 0.6 is 0 Å². The van der Waals surface area contributed by atoms with Crippen molar-refractivity contribution in [1.29, 1.82) is 0 Å². The van der Waals surface area contributed by atoms with Gasteiger partial charge in [0.25, 0.3) is 0 Å². The third kappa shape index (κ3) is 4.11. The van der Waals surface area contributed by atoms with Gasteiger partial charge in [0.2, 0.25) is 5.91 Å². The molecule has 1 fully saturated rings. The maximum atomic E-state index is 11.7. The van der Waals surface area contributed by atoms with E-state index >= 15 is 0 Å². The SMILES string of the molecule is COc1ccccc1N1CCN(c2ncc(NC(C)=O)cc2C(=O)O)CC1. The number of benzene rings is 1. The van der Waals surface area contributed by atoms with E-state index in [1.54, 1.807) is 7.11 Å². The molecule has 8 nitrogen and oxygen atoms in total. The molecule has 1 aliphatic heterocycles. The molecule has 2 N–H and O–H groups in total. The molecule has 2 aromatic rings. The molecule has 1 aromatic heterocycles. The monoisotopic (exact) mass is 370 g/mol. The standard InChI is InChI=1S/C19H22N4O4/c1-13(24)21-14-11-15(19(25)26)18(20-12-14)23-9-7-22(8-10-23)16-5-3-4-6-17(16)27-2/h3-6,11-12H,7-10H2,1-2H3,(H,21,24)(H,25,26). The number of anilines is 3. The first-order valence-corrected chi connectivity index (χ1v) is 8.63. The Hall–Kier alpha value is -3.29. The third-order valence-electron chi connectivity index (χ3n) is 4.42. The van der Waals surface area contributed by atoms with Gasteiger partial charge in [-0.05, 0) is 18.2 Å². The summed E-state index contributed by atoms with van der Waals surface area (Å²) >= 11 is 0. The van der Waals surface area contributed by atoms with Gasteiger partial charge in [-0.3, -0.25) is 4.79 Å². The van der Waals surface area contributed by atoms with Crippen LogP contribution in [0.15, 0.2) is 36.5 Å². The number of nitrogens with one attached hydrogen (secondary N) is 1. The fraction of sp³-hybridized carbons (Fsp3) is 0.316. The van der Waals surface area contributed by atoms with Gasteiger partial charge in [0.1, 0.15) is 17.1 Å². The van der Waals surface area contributed by atoms with Crippen LogP contribution in [0.4, 0.5) is 17.2 Å². The number of hydrogen-bond donors (Lipinski definition) is 2. The minimum Gasteiger partial charge on any atom is -0.495 e. The van der Waals surface area contributed by atoms with Crippen molar-refractivity contribution in [1.82, 2.24) is 4.98 Å².